The van der Waals surface area contributed by atoms with E-state index in [1.807, 2.05) is 51.1 Å². The van der Waals surface area contributed by atoms with Gasteiger partial charge in [-0.2, -0.15) is 0 Å². The van der Waals surface area contributed by atoms with Crippen LogP contribution < -0.4 is 0 Å². The van der Waals surface area contributed by atoms with Crippen LogP contribution in [0.3, 0.4) is 0 Å². The fourth-order valence-corrected chi connectivity index (χ4v) is 3.25. The van der Waals surface area contributed by atoms with Gasteiger partial charge in [0.15, 0.2) is 0 Å². The van der Waals surface area contributed by atoms with Gasteiger partial charge in [-0.05, 0) is 66.8 Å². The molecule has 0 aliphatic rings. The minimum absolute atomic E-state index is 0.207. The van der Waals surface area contributed by atoms with Crippen LogP contribution in [0, 0.1) is 20.8 Å². The highest BCUT2D eigenvalue weighted by molar-refractivity contribution is 5.49. The average Bonchev–Trinajstić information content (AvgIpc) is 2.58. The Morgan fingerprint density at radius 3 is 1.54 bits per heavy atom. The first-order valence-corrected chi connectivity index (χ1v) is 8.72. The van der Waals surface area contributed by atoms with Crippen molar-refractivity contribution in [3.8, 4) is 17.2 Å². The fraction of sp³-hybridized carbons (Fsp3) is 0.217. The Bertz CT molecular complexity index is 879. The summed E-state index contributed by atoms with van der Waals surface area (Å²) in [6.45, 7) is 5.97. The smallest absolute Gasteiger partial charge is 0.119 e. The Hall–Kier alpha value is -2.94. The molecule has 134 valence electrons. The second-order valence-electron chi connectivity index (χ2n) is 7.03. The largest absolute Gasteiger partial charge is 0.508 e. The third-order valence-corrected chi connectivity index (χ3v) is 4.77. The molecule has 0 aliphatic heterocycles. The van der Waals surface area contributed by atoms with E-state index in [1.165, 1.54) is 0 Å². The maximum Gasteiger partial charge on any atom is 0.119 e. The Morgan fingerprint density at radius 1 is 0.538 bits per heavy atom. The van der Waals surface area contributed by atoms with Gasteiger partial charge in [0.1, 0.15) is 17.2 Å². The lowest BCUT2D eigenvalue weighted by Gasteiger charge is -2.13. The molecule has 0 amide bonds. The second kappa shape index (κ2) is 7.12. The lowest BCUT2D eigenvalue weighted by Crippen LogP contribution is -1.97. The van der Waals surface area contributed by atoms with Crippen LogP contribution in [0.25, 0.3) is 0 Å². The summed E-state index contributed by atoms with van der Waals surface area (Å²) in [5, 5.41) is 30.6. The van der Waals surface area contributed by atoms with Crippen molar-refractivity contribution in [1.29, 1.82) is 0 Å². The molecule has 3 N–H and O–H groups in total. The number of aryl methyl sites for hydroxylation is 3. The third-order valence-electron chi connectivity index (χ3n) is 4.77. The standard InChI is InChI=1S/C23H24O3/c1-14-4-6-21(24)18(8-14)11-17-13-23(26)20(10-16(17)3)12-19-9-15(2)5-7-22(19)25/h4-10,13,24-26H,11-12H2,1-3H3. The number of benzene rings is 3. The van der Waals surface area contributed by atoms with Crippen LogP contribution in [-0.2, 0) is 12.8 Å². The summed E-state index contributed by atoms with van der Waals surface area (Å²) in [6, 6.07) is 14.7. The van der Waals surface area contributed by atoms with E-state index in [4.69, 9.17) is 0 Å². The number of aromatic hydroxyl groups is 3. The van der Waals surface area contributed by atoms with E-state index in [2.05, 4.69) is 0 Å². The molecule has 0 heterocycles. The minimum Gasteiger partial charge on any atom is -0.508 e. The van der Waals surface area contributed by atoms with Crippen molar-refractivity contribution in [2.24, 2.45) is 0 Å². The molecule has 3 aromatic carbocycles. The van der Waals surface area contributed by atoms with Crippen LogP contribution in [0.5, 0.6) is 17.2 Å². The normalized spacial score (nSPS) is 10.9. The van der Waals surface area contributed by atoms with Crippen molar-refractivity contribution in [3.05, 3.63) is 87.5 Å². The average molecular weight is 348 g/mol. The Labute approximate surface area is 154 Å². The first kappa shape index (κ1) is 17.9. The Morgan fingerprint density at radius 2 is 1.00 bits per heavy atom. The van der Waals surface area contributed by atoms with Crippen molar-refractivity contribution in [1.82, 2.24) is 0 Å². The molecule has 0 atom stereocenters. The monoisotopic (exact) mass is 348 g/mol. The molecule has 0 radical (unpaired) electrons. The number of hydrogen-bond donors (Lipinski definition) is 3. The fourth-order valence-electron chi connectivity index (χ4n) is 3.25. The molecule has 0 aliphatic carbocycles. The summed E-state index contributed by atoms with van der Waals surface area (Å²) in [4.78, 5) is 0. The van der Waals surface area contributed by atoms with Gasteiger partial charge in [-0.1, -0.05) is 41.5 Å². The van der Waals surface area contributed by atoms with E-state index in [1.54, 1.807) is 18.2 Å². The van der Waals surface area contributed by atoms with Crippen molar-refractivity contribution < 1.29 is 15.3 Å². The minimum atomic E-state index is 0.207. The predicted octanol–water partition coefficient (Wildman–Crippen LogP) is 4.91. The summed E-state index contributed by atoms with van der Waals surface area (Å²) in [6.07, 6.45) is 1.03. The molecule has 3 nitrogen and oxygen atoms in total. The summed E-state index contributed by atoms with van der Waals surface area (Å²) in [5.41, 5.74) is 6.60. The highest BCUT2D eigenvalue weighted by Gasteiger charge is 2.12. The predicted molar refractivity (Wildman–Crippen MR) is 104 cm³/mol. The Kier molecular flexibility index (Phi) is 4.90. The zero-order valence-electron chi connectivity index (χ0n) is 15.4. The number of phenolic OH excluding ortho intramolecular Hbond substituents is 3. The number of rotatable bonds is 4. The summed E-state index contributed by atoms with van der Waals surface area (Å²) in [7, 11) is 0. The SMILES string of the molecule is Cc1ccc(O)c(Cc2cc(O)c(Cc3cc(C)ccc3O)cc2C)c1. The van der Waals surface area contributed by atoms with E-state index >= 15 is 0 Å². The quantitative estimate of drug-likeness (QED) is 0.628. The van der Waals surface area contributed by atoms with Crippen LogP contribution in [0.4, 0.5) is 0 Å². The van der Waals surface area contributed by atoms with Gasteiger partial charge in [0.05, 0.1) is 0 Å². The van der Waals surface area contributed by atoms with E-state index in [-0.39, 0.29) is 17.2 Å². The van der Waals surface area contributed by atoms with Gasteiger partial charge in [0, 0.05) is 12.8 Å². The molecule has 3 heteroatoms. The molecule has 0 unspecified atom stereocenters. The number of hydrogen-bond acceptors (Lipinski definition) is 3. The summed E-state index contributed by atoms with van der Waals surface area (Å²) >= 11 is 0. The second-order valence-corrected chi connectivity index (χ2v) is 7.03. The van der Waals surface area contributed by atoms with E-state index in [9.17, 15) is 15.3 Å². The van der Waals surface area contributed by atoms with Crippen molar-refractivity contribution >= 4 is 0 Å². The zero-order valence-corrected chi connectivity index (χ0v) is 15.4. The molecule has 3 rings (SSSR count). The molecule has 0 fully saturated rings. The van der Waals surface area contributed by atoms with Crippen molar-refractivity contribution in [3.63, 3.8) is 0 Å². The van der Waals surface area contributed by atoms with Gasteiger partial charge in [-0.3, -0.25) is 0 Å². The topological polar surface area (TPSA) is 60.7 Å². The molecular weight excluding hydrogens is 324 g/mol. The number of phenols is 3. The molecule has 0 aromatic heterocycles. The van der Waals surface area contributed by atoms with Crippen LogP contribution in [0.2, 0.25) is 0 Å². The molecule has 0 saturated heterocycles. The first-order chi connectivity index (χ1) is 12.3. The molecule has 26 heavy (non-hydrogen) atoms. The summed E-state index contributed by atoms with van der Waals surface area (Å²) < 4.78 is 0. The van der Waals surface area contributed by atoms with Gasteiger partial charge in [0.2, 0.25) is 0 Å². The lowest BCUT2D eigenvalue weighted by molar-refractivity contribution is 0.461. The zero-order chi connectivity index (χ0) is 18.8. The van der Waals surface area contributed by atoms with E-state index < -0.39 is 0 Å². The van der Waals surface area contributed by atoms with Crippen molar-refractivity contribution in [2.45, 2.75) is 33.6 Å². The van der Waals surface area contributed by atoms with Gasteiger partial charge < -0.3 is 15.3 Å². The molecule has 0 saturated carbocycles. The molecule has 0 spiro atoms. The molecule has 3 aromatic rings. The van der Waals surface area contributed by atoms with Gasteiger partial charge in [0.25, 0.3) is 0 Å². The third kappa shape index (κ3) is 3.83. The van der Waals surface area contributed by atoms with Crippen LogP contribution in [0.15, 0.2) is 48.5 Å². The maximum absolute atomic E-state index is 10.5. The maximum atomic E-state index is 10.5. The van der Waals surface area contributed by atoms with Crippen molar-refractivity contribution in [2.75, 3.05) is 0 Å². The molecular formula is C23H24O3. The Balaban J connectivity index is 1.91. The van der Waals surface area contributed by atoms with E-state index in [0.717, 1.165) is 38.9 Å². The van der Waals surface area contributed by atoms with Crippen LogP contribution >= 0.6 is 0 Å². The summed E-state index contributed by atoms with van der Waals surface area (Å²) in [5.74, 6) is 0.711. The van der Waals surface area contributed by atoms with Crippen LogP contribution in [0.1, 0.15) is 38.9 Å². The van der Waals surface area contributed by atoms with Crippen LogP contribution in [-0.4, -0.2) is 15.3 Å². The highest BCUT2D eigenvalue weighted by atomic mass is 16.3. The first-order valence-electron chi connectivity index (χ1n) is 8.72. The lowest BCUT2D eigenvalue weighted by atomic mass is 9.94. The van der Waals surface area contributed by atoms with Gasteiger partial charge >= 0.3 is 0 Å². The molecule has 0 bridgehead atoms. The van der Waals surface area contributed by atoms with Gasteiger partial charge in [-0.15, -0.1) is 0 Å². The van der Waals surface area contributed by atoms with E-state index in [0.29, 0.717) is 12.8 Å². The highest BCUT2D eigenvalue weighted by Crippen LogP contribution is 2.30. The van der Waals surface area contributed by atoms with Gasteiger partial charge in [-0.25, -0.2) is 0 Å².